The summed E-state index contributed by atoms with van der Waals surface area (Å²) in [4.78, 5) is 2.27. The summed E-state index contributed by atoms with van der Waals surface area (Å²) in [5, 5.41) is 0. The van der Waals surface area contributed by atoms with E-state index in [2.05, 4.69) is 31.0 Å². The van der Waals surface area contributed by atoms with Crippen molar-refractivity contribution in [3.8, 4) is 5.75 Å². The smallest absolute Gasteiger partial charge is 0.119 e. The summed E-state index contributed by atoms with van der Waals surface area (Å²) in [6.45, 7) is 5.44. The molecule has 1 fully saturated rings. The number of hydrogen-bond acceptors (Lipinski definition) is 4. The molecule has 0 saturated carbocycles. The third-order valence-electron chi connectivity index (χ3n) is 3.70. The third-order valence-corrected chi connectivity index (χ3v) is 3.70. The summed E-state index contributed by atoms with van der Waals surface area (Å²) in [6.07, 6.45) is 2.05. The Morgan fingerprint density at radius 2 is 2.35 bits per heavy atom. The fourth-order valence-corrected chi connectivity index (χ4v) is 2.37. The zero-order valence-electron chi connectivity index (χ0n) is 12.5. The SMILES string of the molecule is CCC(N)Cc1cccc(OCC2CN(C)CCO2)c1. The van der Waals surface area contributed by atoms with Crippen LogP contribution in [0.25, 0.3) is 0 Å². The second-order valence-electron chi connectivity index (χ2n) is 5.59. The number of nitrogens with zero attached hydrogens (tertiary/aromatic N) is 1. The summed E-state index contributed by atoms with van der Waals surface area (Å²) in [5.74, 6) is 0.905. The molecule has 112 valence electrons. The minimum atomic E-state index is 0.162. The van der Waals surface area contributed by atoms with Gasteiger partial charge in [-0.15, -0.1) is 0 Å². The van der Waals surface area contributed by atoms with Crippen molar-refractivity contribution >= 4 is 0 Å². The van der Waals surface area contributed by atoms with Crippen molar-refractivity contribution in [2.45, 2.75) is 31.9 Å². The molecule has 0 spiro atoms. The molecule has 2 rings (SSSR count). The molecule has 0 amide bonds. The minimum absolute atomic E-state index is 0.162. The van der Waals surface area contributed by atoms with Crippen molar-refractivity contribution in [1.82, 2.24) is 4.90 Å². The number of benzene rings is 1. The highest BCUT2D eigenvalue weighted by Gasteiger charge is 2.18. The van der Waals surface area contributed by atoms with Crippen LogP contribution in [0.2, 0.25) is 0 Å². The van der Waals surface area contributed by atoms with Crippen LogP contribution in [-0.2, 0) is 11.2 Å². The van der Waals surface area contributed by atoms with Crippen LogP contribution < -0.4 is 10.5 Å². The van der Waals surface area contributed by atoms with E-state index in [0.29, 0.717) is 6.61 Å². The Hall–Kier alpha value is -1.10. The largest absolute Gasteiger partial charge is 0.491 e. The number of rotatable bonds is 6. The molecule has 0 bridgehead atoms. The summed E-state index contributed by atoms with van der Waals surface area (Å²) in [5.41, 5.74) is 7.23. The van der Waals surface area contributed by atoms with E-state index in [1.807, 2.05) is 12.1 Å². The van der Waals surface area contributed by atoms with Crippen LogP contribution in [-0.4, -0.2) is 50.4 Å². The lowest BCUT2D eigenvalue weighted by atomic mass is 10.0. The first kappa shape index (κ1) is 15.3. The number of likely N-dealkylation sites (N-methyl/N-ethyl adjacent to an activating group) is 1. The number of morpholine rings is 1. The topological polar surface area (TPSA) is 47.7 Å². The second-order valence-corrected chi connectivity index (χ2v) is 5.59. The van der Waals surface area contributed by atoms with Gasteiger partial charge in [0, 0.05) is 19.1 Å². The predicted octanol–water partition coefficient (Wildman–Crippen LogP) is 1.68. The quantitative estimate of drug-likeness (QED) is 0.860. The molecule has 1 aliphatic rings. The maximum atomic E-state index is 5.99. The molecule has 2 unspecified atom stereocenters. The highest BCUT2D eigenvalue weighted by atomic mass is 16.5. The van der Waals surface area contributed by atoms with Gasteiger partial charge < -0.3 is 20.1 Å². The van der Waals surface area contributed by atoms with Crippen LogP contribution in [0.3, 0.4) is 0 Å². The van der Waals surface area contributed by atoms with Crippen LogP contribution in [0.1, 0.15) is 18.9 Å². The maximum absolute atomic E-state index is 5.99. The van der Waals surface area contributed by atoms with E-state index in [1.54, 1.807) is 0 Å². The van der Waals surface area contributed by atoms with E-state index in [0.717, 1.165) is 38.3 Å². The molecule has 2 N–H and O–H groups in total. The lowest BCUT2D eigenvalue weighted by Gasteiger charge is -2.29. The summed E-state index contributed by atoms with van der Waals surface area (Å²) in [7, 11) is 2.11. The molecular formula is C16H26N2O2. The normalized spacial score (nSPS) is 21.6. The summed E-state index contributed by atoms with van der Waals surface area (Å²) < 4.78 is 11.6. The number of hydrogen-bond donors (Lipinski definition) is 1. The average molecular weight is 278 g/mol. The standard InChI is InChI=1S/C16H26N2O2/c1-3-14(17)9-13-5-4-6-15(10-13)20-12-16-11-18(2)7-8-19-16/h4-6,10,14,16H,3,7-9,11-12,17H2,1-2H3. The van der Waals surface area contributed by atoms with Gasteiger partial charge in [-0.05, 0) is 37.6 Å². The van der Waals surface area contributed by atoms with Crippen molar-refractivity contribution in [3.05, 3.63) is 29.8 Å². The molecule has 4 heteroatoms. The van der Waals surface area contributed by atoms with Gasteiger partial charge in [-0.3, -0.25) is 0 Å². The molecule has 1 aromatic rings. The van der Waals surface area contributed by atoms with Crippen LogP contribution in [0, 0.1) is 0 Å². The monoisotopic (exact) mass is 278 g/mol. The van der Waals surface area contributed by atoms with Gasteiger partial charge in [0.05, 0.1) is 6.61 Å². The number of ether oxygens (including phenoxy) is 2. The van der Waals surface area contributed by atoms with E-state index >= 15 is 0 Å². The molecule has 1 aromatic carbocycles. The average Bonchev–Trinajstić information content (AvgIpc) is 2.45. The first-order valence-electron chi connectivity index (χ1n) is 7.45. The fourth-order valence-electron chi connectivity index (χ4n) is 2.37. The molecule has 0 radical (unpaired) electrons. The minimum Gasteiger partial charge on any atom is -0.491 e. The van der Waals surface area contributed by atoms with Crippen molar-refractivity contribution in [3.63, 3.8) is 0 Å². The molecule has 1 heterocycles. The van der Waals surface area contributed by atoms with Crippen molar-refractivity contribution in [1.29, 1.82) is 0 Å². The Labute approximate surface area is 121 Å². The van der Waals surface area contributed by atoms with E-state index in [-0.39, 0.29) is 12.1 Å². The maximum Gasteiger partial charge on any atom is 0.119 e. The first-order valence-corrected chi connectivity index (χ1v) is 7.45. The Morgan fingerprint density at radius 3 is 3.10 bits per heavy atom. The zero-order valence-corrected chi connectivity index (χ0v) is 12.5. The summed E-state index contributed by atoms with van der Waals surface area (Å²) >= 11 is 0. The van der Waals surface area contributed by atoms with Gasteiger partial charge in [0.1, 0.15) is 18.5 Å². The fraction of sp³-hybridized carbons (Fsp3) is 0.625. The lowest BCUT2D eigenvalue weighted by Crippen LogP contribution is -2.42. The van der Waals surface area contributed by atoms with Gasteiger partial charge in [0.15, 0.2) is 0 Å². The molecule has 20 heavy (non-hydrogen) atoms. The highest BCUT2D eigenvalue weighted by Crippen LogP contribution is 2.16. The van der Waals surface area contributed by atoms with Gasteiger partial charge in [-0.1, -0.05) is 19.1 Å². The van der Waals surface area contributed by atoms with Crippen molar-refractivity contribution in [2.75, 3.05) is 33.4 Å². The van der Waals surface area contributed by atoms with Crippen LogP contribution in [0.4, 0.5) is 0 Å². The van der Waals surface area contributed by atoms with Crippen LogP contribution in [0.15, 0.2) is 24.3 Å². The number of nitrogens with two attached hydrogens (primary N) is 1. The third kappa shape index (κ3) is 4.78. The van der Waals surface area contributed by atoms with E-state index in [1.165, 1.54) is 5.56 Å². The first-order chi connectivity index (χ1) is 9.67. The van der Waals surface area contributed by atoms with Gasteiger partial charge >= 0.3 is 0 Å². The van der Waals surface area contributed by atoms with Crippen molar-refractivity contribution in [2.24, 2.45) is 5.73 Å². The van der Waals surface area contributed by atoms with E-state index in [9.17, 15) is 0 Å². The van der Waals surface area contributed by atoms with Gasteiger partial charge in [-0.25, -0.2) is 0 Å². The van der Waals surface area contributed by atoms with Crippen LogP contribution in [0.5, 0.6) is 5.75 Å². The molecular weight excluding hydrogens is 252 g/mol. The van der Waals surface area contributed by atoms with Crippen LogP contribution >= 0.6 is 0 Å². The van der Waals surface area contributed by atoms with E-state index < -0.39 is 0 Å². The Morgan fingerprint density at radius 1 is 1.50 bits per heavy atom. The molecule has 0 aromatic heterocycles. The Kier molecular flexibility index (Phi) is 5.83. The Bertz CT molecular complexity index is 411. The zero-order chi connectivity index (χ0) is 14.4. The summed E-state index contributed by atoms with van der Waals surface area (Å²) in [6, 6.07) is 8.43. The van der Waals surface area contributed by atoms with Gasteiger partial charge in [0.2, 0.25) is 0 Å². The molecule has 4 nitrogen and oxygen atoms in total. The van der Waals surface area contributed by atoms with Crippen molar-refractivity contribution < 1.29 is 9.47 Å². The van der Waals surface area contributed by atoms with Gasteiger partial charge in [-0.2, -0.15) is 0 Å². The van der Waals surface area contributed by atoms with Gasteiger partial charge in [0.25, 0.3) is 0 Å². The highest BCUT2D eigenvalue weighted by molar-refractivity contribution is 5.29. The second kappa shape index (κ2) is 7.62. The predicted molar refractivity (Wildman–Crippen MR) is 81.1 cm³/mol. The molecule has 1 saturated heterocycles. The molecule has 1 aliphatic heterocycles. The molecule has 2 atom stereocenters. The Balaban J connectivity index is 1.84. The molecule has 0 aliphatic carbocycles. The van der Waals surface area contributed by atoms with E-state index in [4.69, 9.17) is 15.2 Å². The lowest BCUT2D eigenvalue weighted by molar-refractivity contribution is -0.0403.